The van der Waals surface area contributed by atoms with Crippen molar-refractivity contribution in [2.45, 2.75) is 40.3 Å². The zero-order valence-electron chi connectivity index (χ0n) is 19.6. The molecule has 1 heterocycles. The van der Waals surface area contributed by atoms with Crippen molar-refractivity contribution < 1.29 is 9.53 Å². The summed E-state index contributed by atoms with van der Waals surface area (Å²) in [6.07, 6.45) is 0. The molecule has 1 aromatic heterocycles. The lowest BCUT2D eigenvalue weighted by atomic mass is 10.0. The standard InChI is InChI=1S/C27H28ClN3O2/c1-17(2)30(27(32)26-18(3)14-20(28)15-19(26)4)16-25-29-23-8-6-7-9-24(23)31(25)21-10-12-22(33-5)13-11-21/h6-15,17H,16H2,1-5H3. The molecule has 0 aliphatic carbocycles. The fraction of sp³-hybridized carbons (Fsp3) is 0.259. The van der Waals surface area contributed by atoms with Gasteiger partial charge in [0.15, 0.2) is 0 Å². The van der Waals surface area contributed by atoms with Crippen molar-refractivity contribution in [1.29, 1.82) is 0 Å². The van der Waals surface area contributed by atoms with Gasteiger partial charge < -0.3 is 9.64 Å². The van der Waals surface area contributed by atoms with E-state index in [-0.39, 0.29) is 11.9 Å². The lowest BCUT2D eigenvalue weighted by Gasteiger charge is -2.28. The molecule has 0 saturated heterocycles. The highest BCUT2D eigenvalue weighted by molar-refractivity contribution is 6.30. The minimum absolute atomic E-state index is 0.0175. The molecule has 4 rings (SSSR count). The SMILES string of the molecule is COc1ccc(-n2c(CN(C(=O)c3c(C)cc(Cl)cc3C)C(C)C)nc3ccccc32)cc1. The van der Waals surface area contributed by atoms with Gasteiger partial charge >= 0.3 is 0 Å². The molecule has 5 nitrogen and oxygen atoms in total. The van der Waals surface area contributed by atoms with Gasteiger partial charge in [0, 0.05) is 22.3 Å². The maximum atomic E-state index is 13.7. The third kappa shape index (κ3) is 4.46. The molecule has 0 bridgehead atoms. The minimum Gasteiger partial charge on any atom is -0.497 e. The monoisotopic (exact) mass is 461 g/mol. The van der Waals surface area contributed by atoms with E-state index in [4.69, 9.17) is 21.3 Å². The van der Waals surface area contributed by atoms with Gasteiger partial charge in [-0.2, -0.15) is 0 Å². The van der Waals surface area contributed by atoms with Gasteiger partial charge in [0.1, 0.15) is 11.6 Å². The number of benzene rings is 3. The molecule has 0 aliphatic rings. The van der Waals surface area contributed by atoms with Crippen LogP contribution in [0.2, 0.25) is 5.02 Å². The molecule has 0 radical (unpaired) electrons. The molecule has 0 aliphatic heterocycles. The number of hydrogen-bond donors (Lipinski definition) is 0. The van der Waals surface area contributed by atoms with Crippen LogP contribution in [0.4, 0.5) is 0 Å². The first-order valence-corrected chi connectivity index (χ1v) is 11.4. The van der Waals surface area contributed by atoms with E-state index in [2.05, 4.69) is 4.57 Å². The minimum atomic E-state index is -0.0231. The number of para-hydroxylation sites is 2. The number of carbonyl (C=O) groups is 1. The summed E-state index contributed by atoms with van der Waals surface area (Å²) in [6.45, 7) is 8.28. The zero-order chi connectivity index (χ0) is 23.7. The highest BCUT2D eigenvalue weighted by Crippen LogP contribution is 2.27. The number of amides is 1. The molecule has 0 saturated carbocycles. The Balaban J connectivity index is 1.80. The summed E-state index contributed by atoms with van der Waals surface area (Å²) >= 11 is 6.21. The molecule has 0 spiro atoms. The first-order chi connectivity index (χ1) is 15.8. The summed E-state index contributed by atoms with van der Waals surface area (Å²) < 4.78 is 7.43. The Bertz CT molecular complexity index is 1290. The highest BCUT2D eigenvalue weighted by Gasteiger charge is 2.25. The average Bonchev–Trinajstić information content (AvgIpc) is 3.14. The summed E-state index contributed by atoms with van der Waals surface area (Å²) in [7, 11) is 1.65. The Kier molecular flexibility index (Phi) is 6.43. The van der Waals surface area contributed by atoms with Crippen LogP contribution < -0.4 is 4.74 Å². The molecule has 3 aromatic carbocycles. The van der Waals surface area contributed by atoms with Crippen molar-refractivity contribution >= 4 is 28.5 Å². The van der Waals surface area contributed by atoms with Crippen LogP contribution in [0.3, 0.4) is 0 Å². The maximum Gasteiger partial charge on any atom is 0.255 e. The van der Waals surface area contributed by atoms with Crippen molar-refractivity contribution in [3.8, 4) is 11.4 Å². The Morgan fingerprint density at radius 1 is 1.06 bits per heavy atom. The number of aryl methyl sites for hydroxylation is 2. The number of rotatable bonds is 6. The van der Waals surface area contributed by atoms with Crippen LogP contribution in [0.25, 0.3) is 16.7 Å². The van der Waals surface area contributed by atoms with Crippen LogP contribution in [0.1, 0.15) is 41.2 Å². The Hall–Kier alpha value is -3.31. The molecule has 170 valence electrons. The number of ether oxygens (including phenoxy) is 1. The van der Waals surface area contributed by atoms with Gasteiger partial charge in [-0.3, -0.25) is 9.36 Å². The van der Waals surface area contributed by atoms with Crippen molar-refractivity contribution in [2.24, 2.45) is 0 Å². The summed E-state index contributed by atoms with van der Waals surface area (Å²) in [5.41, 5.74) is 5.29. The second kappa shape index (κ2) is 9.28. The molecular weight excluding hydrogens is 434 g/mol. The van der Waals surface area contributed by atoms with E-state index in [1.165, 1.54) is 0 Å². The molecule has 1 amide bonds. The topological polar surface area (TPSA) is 47.4 Å². The number of hydrogen-bond acceptors (Lipinski definition) is 3. The Morgan fingerprint density at radius 2 is 1.70 bits per heavy atom. The predicted molar refractivity (Wildman–Crippen MR) is 134 cm³/mol. The number of halogens is 1. The fourth-order valence-corrected chi connectivity index (χ4v) is 4.56. The molecular formula is C27H28ClN3O2. The van der Waals surface area contributed by atoms with Gasteiger partial charge in [0.05, 0.1) is 24.7 Å². The number of nitrogens with zero attached hydrogens (tertiary/aromatic N) is 3. The number of carbonyl (C=O) groups excluding carboxylic acids is 1. The molecule has 4 aromatic rings. The molecule has 0 N–H and O–H groups in total. The van der Waals surface area contributed by atoms with E-state index >= 15 is 0 Å². The summed E-state index contributed by atoms with van der Waals surface area (Å²) in [6, 6.07) is 19.5. The Morgan fingerprint density at radius 3 is 2.30 bits per heavy atom. The summed E-state index contributed by atoms with van der Waals surface area (Å²) in [4.78, 5) is 20.5. The maximum absolute atomic E-state index is 13.7. The van der Waals surface area contributed by atoms with Gasteiger partial charge in [-0.05, 0) is 87.4 Å². The third-order valence-corrected chi connectivity index (χ3v) is 6.09. The number of methoxy groups -OCH3 is 1. The molecule has 6 heteroatoms. The van der Waals surface area contributed by atoms with Crippen molar-refractivity contribution in [3.05, 3.63) is 88.2 Å². The number of imidazole rings is 1. The largest absolute Gasteiger partial charge is 0.497 e. The van der Waals surface area contributed by atoms with E-state index < -0.39 is 0 Å². The van der Waals surface area contributed by atoms with Gasteiger partial charge in [0.2, 0.25) is 0 Å². The summed E-state index contributed by atoms with van der Waals surface area (Å²) in [5.74, 6) is 1.56. The van der Waals surface area contributed by atoms with E-state index in [9.17, 15) is 4.79 Å². The first kappa shape index (κ1) is 22.9. The normalized spacial score (nSPS) is 11.2. The quantitative estimate of drug-likeness (QED) is 0.336. The lowest BCUT2D eigenvalue weighted by molar-refractivity contribution is 0.0683. The van der Waals surface area contributed by atoms with E-state index in [1.54, 1.807) is 7.11 Å². The van der Waals surface area contributed by atoms with E-state index in [1.807, 2.05) is 93.3 Å². The van der Waals surface area contributed by atoms with E-state index in [0.717, 1.165) is 39.4 Å². The smallest absolute Gasteiger partial charge is 0.255 e. The second-order valence-corrected chi connectivity index (χ2v) is 8.93. The fourth-order valence-electron chi connectivity index (χ4n) is 4.23. The third-order valence-electron chi connectivity index (χ3n) is 5.87. The van der Waals surface area contributed by atoms with Crippen molar-refractivity contribution in [1.82, 2.24) is 14.5 Å². The van der Waals surface area contributed by atoms with Crippen LogP contribution >= 0.6 is 11.6 Å². The predicted octanol–water partition coefficient (Wildman–Crippen LogP) is 6.36. The van der Waals surface area contributed by atoms with Gasteiger partial charge in [0.25, 0.3) is 5.91 Å². The van der Waals surface area contributed by atoms with Crippen LogP contribution in [0.5, 0.6) is 5.75 Å². The molecule has 0 unspecified atom stereocenters. The van der Waals surface area contributed by atoms with Crippen LogP contribution in [0.15, 0.2) is 60.7 Å². The lowest BCUT2D eigenvalue weighted by Crippen LogP contribution is -2.38. The molecule has 0 atom stereocenters. The van der Waals surface area contributed by atoms with Crippen LogP contribution in [0, 0.1) is 13.8 Å². The number of fused-ring (bicyclic) bond motifs is 1. The average molecular weight is 462 g/mol. The van der Waals surface area contributed by atoms with Crippen molar-refractivity contribution in [3.63, 3.8) is 0 Å². The van der Waals surface area contributed by atoms with Gasteiger partial charge in [-0.15, -0.1) is 0 Å². The van der Waals surface area contributed by atoms with Crippen molar-refractivity contribution in [2.75, 3.05) is 7.11 Å². The van der Waals surface area contributed by atoms with E-state index in [0.29, 0.717) is 17.1 Å². The highest BCUT2D eigenvalue weighted by atomic mass is 35.5. The number of aromatic nitrogens is 2. The van der Waals surface area contributed by atoms with Gasteiger partial charge in [-0.1, -0.05) is 23.7 Å². The second-order valence-electron chi connectivity index (χ2n) is 8.49. The first-order valence-electron chi connectivity index (χ1n) is 11.0. The zero-order valence-corrected chi connectivity index (χ0v) is 20.3. The van der Waals surface area contributed by atoms with Gasteiger partial charge in [-0.25, -0.2) is 4.98 Å². The van der Waals surface area contributed by atoms with Crippen LogP contribution in [-0.4, -0.2) is 33.5 Å². The molecule has 33 heavy (non-hydrogen) atoms. The van der Waals surface area contributed by atoms with Crippen LogP contribution in [-0.2, 0) is 6.54 Å². The molecule has 0 fully saturated rings. The Labute approximate surface area is 199 Å². The summed E-state index contributed by atoms with van der Waals surface area (Å²) in [5, 5.41) is 0.638.